The highest BCUT2D eigenvalue weighted by molar-refractivity contribution is 5.90. The maximum atomic E-state index is 12.5. The summed E-state index contributed by atoms with van der Waals surface area (Å²) in [5.41, 5.74) is 1.93. The van der Waals surface area contributed by atoms with Gasteiger partial charge in [-0.3, -0.25) is 4.79 Å². The first-order valence-electron chi connectivity index (χ1n) is 11.1. The summed E-state index contributed by atoms with van der Waals surface area (Å²) >= 11 is 0. The van der Waals surface area contributed by atoms with E-state index in [1.54, 1.807) is 7.11 Å². The van der Waals surface area contributed by atoms with Gasteiger partial charge in [0.15, 0.2) is 0 Å². The van der Waals surface area contributed by atoms with Crippen molar-refractivity contribution in [1.29, 1.82) is 0 Å². The molecule has 7 heteroatoms. The lowest BCUT2D eigenvalue weighted by Gasteiger charge is -2.30. The standard InChI is InChI=1S/C25H31N5O2/c1-30(2)24-21-6-4-5-7-22(21)28-25(29-24)27-19-12-10-18(11-13-19)26-23(31)16-17-8-14-20(32-3)15-9-17/h4-9,14-15,18-19H,10-13,16H2,1-3H3,(H,26,31)(H,27,28,29)/t18-,19+. The number of hydrogen-bond donors (Lipinski definition) is 2. The van der Waals surface area contributed by atoms with Gasteiger partial charge in [0.2, 0.25) is 11.9 Å². The average Bonchev–Trinajstić information content (AvgIpc) is 2.80. The van der Waals surface area contributed by atoms with Crippen LogP contribution in [0.3, 0.4) is 0 Å². The van der Waals surface area contributed by atoms with Crippen molar-refractivity contribution >= 4 is 28.6 Å². The number of amides is 1. The number of rotatable bonds is 7. The van der Waals surface area contributed by atoms with Crippen LogP contribution in [0.5, 0.6) is 5.75 Å². The van der Waals surface area contributed by atoms with Crippen molar-refractivity contribution in [3.8, 4) is 5.75 Å². The number of carbonyl (C=O) groups excluding carboxylic acids is 1. The van der Waals surface area contributed by atoms with Crippen LogP contribution in [0, 0.1) is 0 Å². The molecular formula is C25H31N5O2. The Balaban J connectivity index is 1.30. The Kier molecular flexibility index (Phi) is 6.73. The van der Waals surface area contributed by atoms with Gasteiger partial charge < -0.3 is 20.3 Å². The Bertz CT molecular complexity index is 1060. The normalized spacial score (nSPS) is 18.2. The Morgan fingerprint density at radius 3 is 2.38 bits per heavy atom. The lowest BCUT2D eigenvalue weighted by atomic mass is 9.91. The minimum Gasteiger partial charge on any atom is -0.497 e. The first-order chi connectivity index (χ1) is 15.5. The molecule has 2 aromatic carbocycles. The van der Waals surface area contributed by atoms with Crippen molar-refractivity contribution in [1.82, 2.24) is 15.3 Å². The summed E-state index contributed by atoms with van der Waals surface area (Å²) in [4.78, 5) is 23.9. The SMILES string of the molecule is COc1ccc(CC(=O)N[C@H]2CC[C@@H](Nc3nc(N(C)C)c4ccccc4n3)CC2)cc1. The van der Waals surface area contributed by atoms with Crippen molar-refractivity contribution in [2.45, 2.75) is 44.2 Å². The number of nitrogens with zero attached hydrogens (tertiary/aromatic N) is 3. The van der Waals surface area contributed by atoms with Gasteiger partial charge in [0.25, 0.3) is 0 Å². The predicted molar refractivity (Wildman–Crippen MR) is 128 cm³/mol. The van der Waals surface area contributed by atoms with Gasteiger partial charge in [-0.05, 0) is 55.5 Å². The van der Waals surface area contributed by atoms with E-state index >= 15 is 0 Å². The van der Waals surface area contributed by atoms with Crippen LogP contribution in [-0.2, 0) is 11.2 Å². The molecule has 3 aromatic rings. The van der Waals surface area contributed by atoms with Crippen molar-refractivity contribution < 1.29 is 9.53 Å². The summed E-state index contributed by atoms with van der Waals surface area (Å²) in [6, 6.07) is 16.2. The number of para-hydroxylation sites is 1. The summed E-state index contributed by atoms with van der Waals surface area (Å²) in [6.45, 7) is 0. The van der Waals surface area contributed by atoms with Crippen LogP contribution in [0.15, 0.2) is 48.5 Å². The van der Waals surface area contributed by atoms with E-state index in [1.807, 2.05) is 67.5 Å². The van der Waals surface area contributed by atoms with Gasteiger partial charge in [-0.2, -0.15) is 4.98 Å². The third-order valence-electron chi connectivity index (χ3n) is 5.96. The molecule has 0 atom stereocenters. The van der Waals surface area contributed by atoms with Gasteiger partial charge >= 0.3 is 0 Å². The Morgan fingerprint density at radius 1 is 1.00 bits per heavy atom. The molecule has 0 radical (unpaired) electrons. The molecule has 0 aliphatic heterocycles. The number of anilines is 2. The van der Waals surface area contributed by atoms with Crippen molar-refractivity contribution in [3.63, 3.8) is 0 Å². The molecule has 4 rings (SSSR count). The zero-order valence-electron chi connectivity index (χ0n) is 19.0. The minimum atomic E-state index is 0.0695. The van der Waals surface area contributed by atoms with Gasteiger partial charge in [0.05, 0.1) is 19.0 Å². The monoisotopic (exact) mass is 433 g/mol. The number of carbonyl (C=O) groups is 1. The Morgan fingerprint density at radius 2 is 1.69 bits per heavy atom. The molecule has 7 nitrogen and oxygen atoms in total. The summed E-state index contributed by atoms with van der Waals surface area (Å²) in [7, 11) is 5.64. The summed E-state index contributed by atoms with van der Waals surface area (Å²) in [6.07, 6.45) is 4.22. The molecule has 1 aromatic heterocycles. The largest absolute Gasteiger partial charge is 0.497 e. The first kappa shape index (κ1) is 21.9. The van der Waals surface area contributed by atoms with Gasteiger partial charge in [0.1, 0.15) is 11.6 Å². The lowest BCUT2D eigenvalue weighted by molar-refractivity contribution is -0.121. The number of benzene rings is 2. The highest BCUT2D eigenvalue weighted by Gasteiger charge is 2.23. The third kappa shape index (κ3) is 5.28. The van der Waals surface area contributed by atoms with E-state index in [0.717, 1.165) is 53.7 Å². The number of hydrogen-bond acceptors (Lipinski definition) is 6. The second-order valence-corrected chi connectivity index (χ2v) is 8.57. The minimum absolute atomic E-state index is 0.0695. The molecule has 0 saturated heterocycles. The topological polar surface area (TPSA) is 79.4 Å². The van der Waals surface area contributed by atoms with Crippen LogP contribution in [0.2, 0.25) is 0 Å². The van der Waals surface area contributed by atoms with E-state index in [9.17, 15) is 4.79 Å². The maximum Gasteiger partial charge on any atom is 0.225 e. The molecule has 168 valence electrons. The molecule has 0 unspecified atom stereocenters. The number of nitrogens with one attached hydrogen (secondary N) is 2. The summed E-state index contributed by atoms with van der Waals surface area (Å²) in [5.74, 6) is 2.45. The second kappa shape index (κ2) is 9.85. The Hall–Kier alpha value is -3.35. The third-order valence-corrected chi connectivity index (χ3v) is 5.96. The zero-order valence-corrected chi connectivity index (χ0v) is 19.0. The van der Waals surface area contributed by atoms with Crippen molar-refractivity contribution in [3.05, 3.63) is 54.1 Å². The summed E-state index contributed by atoms with van der Waals surface area (Å²) < 4.78 is 5.17. The summed E-state index contributed by atoms with van der Waals surface area (Å²) in [5, 5.41) is 7.76. The number of methoxy groups -OCH3 is 1. The molecular weight excluding hydrogens is 402 g/mol. The van der Waals surface area contributed by atoms with E-state index in [-0.39, 0.29) is 11.9 Å². The van der Waals surface area contributed by atoms with E-state index in [1.165, 1.54) is 0 Å². The smallest absolute Gasteiger partial charge is 0.225 e. The highest BCUT2D eigenvalue weighted by atomic mass is 16.5. The molecule has 1 fully saturated rings. The van der Waals surface area contributed by atoms with Crippen molar-refractivity contribution in [2.75, 3.05) is 31.4 Å². The molecule has 0 bridgehead atoms. The molecule has 0 spiro atoms. The fourth-order valence-corrected chi connectivity index (χ4v) is 4.24. The van der Waals surface area contributed by atoms with Gasteiger partial charge in [-0.1, -0.05) is 24.3 Å². The van der Waals surface area contributed by atoms with Crippen LogP contribution in [0.1, 0.15) is 31.2 Å². The second-order valence-electron chi connectivity index (χ2n) is 8.57. The number of ether oxygens (including phenoxy) is 1. The van der Waals surface area contributed by atoms with Crippen LogP contribution in [-0.4, -0.2) is 49.2 Å². The number of fused-ring (bicyclic) bond motifs is 1. The predicted octanol–water partition coefficient (Wildman–Crippen LogP) is 3.79. The highest BCUT2D eigenvalue weighted by Crippen LogP contribution is 2.26. The van der Waals surface area contributed by atoms with Crippen LogP contribution in [0.4, 0.5) is 11.8 Å². The van der Waals surface area contributed by atoms with E-state index < -0.39 is 0 Å². The van der Waals surface area contributed by atoms with Crippen LogP contribution >= 0.6 is 0 Å². The van der Waals surface area contributed by atoms with E-state index in [0.29, 0.717) is 18.4 Å². The van der Waals surface area contributed by atoms with Crippen LogP contribution in [0.25, 0.3) is 10.9 Å². The molecule has 2 N–H and O–H groups in total. The molecule has 1 aliphatic rings. The maximum absolute atomic E-state index is 12.5. The van der Waals surface area contributed by atoms with Crippen molar-refractivity contribution in [2.24, 2.45) is 0 Å². The Labute approximate surface area is 189 Å². The zero-order chi connectivity index (χ0) is 22.5. The average molecular weight is 434 g/mol. The lowest BCUT2D eigenvalue weighted by Crippen LogP contribution is -2.40. The van der Waals surface area contributed by atoms with E-state index in [4.69, 9.17) is 14.7 Å². The molecule has 1 aliphatic carbocycles. The van der Waals surface area contributed by atoms with Gasteiger partial charge in [0, 0.05) is 31.6 Å². The van der Waals surface area contributed by atoms with E-state index in [2.05, 4.69) is 10.6 Å². The first-order valence-corrected chi connectivity index (χ1v) is 11.1. The van der Waals surface area contributed by atoms with Gasteiger partial charge in [-0.15, -0.1) is 0 Å². The van der Waals surface area contributed by atoms with Crippen LogP contribution < -0.4 is 20.3 Å². The molecule has 1 saturated carbocycles. The molecule has 1 heterocycles. The molecule has 32 heavy (non-hydrogen) atoms. The molecule has 1 amide bonds. The number of aromatic nitrogens is 2. The fourth-order valence-electron chi connectivity index (χ4n) is 4.24. The fraction of sp³-hybridized carbons (Fsp3) is 0.400. The quantitative estimate of drug-likeness (QED) is 0.590. The van der Waals surface area contributed by atoms with Gasteiger partial charge in [-0.25, -0.2) is 4.98 Å².